The Hall–Kier alpha value is -4.94. The number of aromatic nitrogens is 3. The lowest BCUT2D eigenvalue weighted by molar-refractivity contribution is 0.0634. The second kappa shape index (κ2) is 13.9. The first kappa shape index (κ1) is 33.9. The number of benzene rings is 3. The summed E-state index contributed by atoms with van der Waals surface area (Å²) in [4.78, 5) is 36.6. The maximum Gasteiger partial charge on any atom is 0.412 e. The van der Waals surface area contributed by atoms with Gasteiger partial charge in [0.15, 0.2) is 0 Å². The predicted molar refractivity (Wildman–Crippen MR) is 190 cm³/mol. The number of anilines is 2. The van der Waals surface area contributed by atoms with E-state index >= 15 is 0 Å². The van der Waals surface area contributed by atoms with E-state index in [4.69, 9.17) is 21.3 Å². The SMILES string of the molecule is CC(C)(C)OC(=O)Nc1ccc(C(=O)N2CCCC(CNc3ncc(Cl)c(-c4cn(S(=O)(=O)c5ccccc5)c5ccccc45)n3)C2)cc1. The lowest BCUT2D eigenvalue weighted by Crippen LogP contribution is -2.41. The molecule has 3 aromatic carbocycles. The minimum Gasteiger partial charge on any atom is -0.444 e. The molecule has 0 saturated carbocycles. The van der Waals surface area contributed by atoms with Gasteiger partial charge in [-0.2, -0.15) is 0 Å². The molecule has 1 atom stereocenters. The lowest BCUT2D eigenvalue weighted by Gasteiger charge is -2.33. The lowest BCUT2D eigenvalue weighted by atomic mass is 9.97. The van der Waals surface area contributed by atoms with Gasteiger partial charge >= 0.3 is 6.09 Å². The van der Waals surface area contributed by atoms with Crippen LogP contribution in [0.2, 0.25) is 5.02 Å². The summed E-state index contributed by atoms with van der Waals surface area (Å²) < 4.78 is 33.8. The summed E-state index contributed by atoms with van der Waals surface area (Å²) in [5, 5.41) is 6.96. The molecule has 1 fully saturated rings. The van der Waals surface area contributed by atoms with Crippen LogP contribution in [0.3, 0.4) is 0 Å². The Morgan fingerprint density at radius 2 is 1.71 bits per heavy atom. The summed E-state index contributed by atoms with van der Waals surface area (Å²) in [6, 6.07) is 22.2. The Bertz CT molecular complexity index is 2100. The zero-order valence-corrected chi connectivity index (χ0v) is 29.0. The second-order valence-corrected chi connectivity index (χ2v) is 15.1. The second-order valence-electron chi connectivity index (χ2n) is 12.9. The average molecular weight is 701 g/mol. The molecule has 1 aliphatic rings. The monoisotopic (exact) mass is 700 g/mol. The molecule has 254 valence electrons. The molecular formula is C36H37ClN6O5S. The van der Waals surface area contributed by atoms with Gasteiger partial charge in [0.25, 0.3) is 15.9 Å². The third kappa shape index (κ3) is 7.71. The molecule has 49 heavy (non-hydrogen) atoms. The molecule has 2 aromatic heterocycles. The van der Waals surface area contributed by atoms with Gasteiger partial charge in [0, 0.05) is 48.0 Å². The fourth-order valence-electron chi connectivity index (χ4n) is 5.84. The van der Waals surface area contributed by atoms with Crippen molar-refractivity contribution in [1.82, 2.24) is 18.8 Å². The number of piperidine rings is 1. The van der Waals surface area contributed by atoms with Crippen molar-refractivity contribution in [2.45, 2.75) is 44.1 Å². The first-order valence-corrected chi connectivity index (χ1v) is 17.8. The van der Waals surface area contributed by atoms with Crippen molar-refractivity contribution < 1.29 is 22.7 Å². The van der Waals surface area contributed by atoms with Crippen molar-refractivity contribution in [3.05, 3.63) is 102 Å². The molecule has 1 saturated heterocycles. The maximum atomic E-state index is 13.6. The van der Waals surface area contributed by atoms with Gasteiger partial charge in [-0.15, -0.1) is 0 Å². The van der Waals surface area contributed by atoms with Gasteiger partial charge < -0.3 is 15.0 Å². The number of nitrogens with zero attached hydrogens (tertiary/aromatic N) is 4. The van der Waals surface area contributed by atoms with Crippen LogP contribution in [0.25, 0.3) is 22.2 Å². The van der Waals surface area contributed by atoms with E-state index in [1.54, 1.807) is 93.7 Å². The Morgan fingerprint density at radius 3 is 2.45 bits per heavy atom. The van der Waals surface area contributed by atoms with Crippen LogP contribution in [0.15, 0.2) is 96.2 Å². The van der Waals surface area contributed by atoms with Crippen LogP contribution in [0.4, 0.5) is 16.4 Å². The number of ether oxygens (including phenoxy) is 1. The van der Waals surface area contributed by atoms with Crippen LogP contribution in [-0.4, -0.2) is 64.5 Å². The van der Waals surface area contributed by atoms with Crippen LogP contribution in [0, 0.1) is 5.92 Å². The van der Waals surface area contributed by atoms with Gasteiger partial charge in [-0.3, -0.25) is 10.1 Å². The average Bonchev–Trinajstić information content (AvgIpc) is 3.48. The number of likely N-dealkylation sites (tertiary alicyclic amines) is 1. The van der Waals surface area contributed by atoms with Crippen molar-refractivity contribution >= 4 is 56.2 Å². The fraction of sp³-hybridized carbons (Fsp3) is 0.278. The Labute approximate surface area is 290 Å². The van der Waals surface area contributed by atoms with Gasteiger partial charge in [0.05, 0.1) is 27.3 Å². The minimum atomic E-state index is -3.89. The molecule has 3 heterocycles. The molecular weight excluding hydrogens is 664 g/mol. The molecule has 0 bridgehead atoms. The molecule has 1 aliphatic heterocycles. The van der Waals surface area contributed by atoms with Gasteiger partial charge in [-0.05, 0) is 82.0 Å². The van der Waals surface area contributed by atoms with Crippen LogP contribution in [0.1, 0.15) is 44.0 Å². The summed E-state index contributed by atoms with van der Waals surface area (Å²) in [5.41, 5.74) is 1.93. The zero-order valence-electron chi connectivity index (χ0n) is 27.4. The molecule has 0 aliphatic carbocycles. The summed E-state index contributed by atoms with van der Waals surface area (Å²) in [5.74, 6) is 0.408. The molecule has 5 aromatic rings. The number of hydrogen-bond acceptors (Lipinski definition) is 8. The van der Waals surface area contributed by atoms with E-state index in [2.05, 4.69) is 15.6 Å². The summed E-state index contributed by atoms with van der Waals surface area (Å²) in [7, 11) is -3.89. The number of amides is 2. The highest BCUT2D eigenvalue weighted by Crippen LogP contribution is 2.36. The number of hydrogen-bond donors (Lipinski definition) is 2. The van der Waals surface area contributed by atoms with Crippen molar-refractivity contribution in [2.24, 2.45) is 5.92 Å². The maximum absolute atomic E-state index is 13.6. The molecule has 1 unspecified atom stereocenters. The van der Waals surface area contributed by atoms with Gasteiger partial charge in [0.2, 0.25) is 5.95 Å². The topological polar surface area (TPSA) is 136 Å². The number of fused-ring (bicyclic) bond motifs is 1. The number of para-hydroxylation sites is 1. The van der Waals surface area contributed by atoms with E-state index in [1.807, 2.05) is 17.0 Å². The highest BCUT2D eigenvalue weighted by molar-refractivity contribution is 7.90. The minimum absolute atomic E-state index is 0.0830. The molecule has 11 nitrogen and oxygen atoms in total. The largest absolute Gasteiger partial charge is 0.444 e. The van der Waals surface area contributed by atoms with E-state index in [-0.39, 0.29) is 21.7 Å². The molecule has 0 spiro atoms. The van der Waals surface area contributed by atoms with Gasteiger partial charge in [-0.1, -0.05) is 48.0 Å². The summed E-state index contributed by atoms with van der Waals surface area (Å²) in [6.45, 7) is 7.09. The Balaban J connectivity index is 1.14. The number of rotatable bonds is 8. The normalized spacial score (nSPS) is 15.2. The molecule has 2 amide bonds. The van der Waals surface area contributed by atoms with Crippen LogP contribution in [0.5, 0.6) is 0 Å². The summed E-state index contributed by atoms with van der Waals surface area (Å²) in [6.07, 6.45) is 4.26. The first-order valence-electron chi connectivity index (χ1n) is 16.0. The predicted octanol–water partition coefficient (Wildman–Crippen LogP) is 7.30. The summed E-state index contributed by atoms with van der Waals surface area (Å²) >= 11 is 6.61. The number of carbonyl (C=O) groups excluding carboxylic acids is 2. The van der Waals surface area contributed by atoms with E-state index < -0.39 is 21.7 Å². The first-order chi connectivity index (χ1) is 23.4. The fourth-order valence-corrected chi connectivity index (χ4v) is 7.42. The number of carbonyl (C=O) groups is 2. The van der Waals surface area contributed by atoms with E-state index in [0.717, 1.165) is 12.8 Å². The third-order valence-corrected chi connectivity index (χ3v) is 10.1. The van der Waals surface area contributed by atoms with Crippen LogP contribution < -0.4 is 10.6 Å². The van der Waals surface area contributed by atoms with Gasteiger partial charge in [-0.25, -0.2) is 27.2 Å². The van der Waals surface area contributed by atoms with E-state index in [1.165, 1.54) is 10.2 Å². The molecule has 6 rings (SSSR count). The van der Waals surface area contributed by atoms with Crippen molar-refractivity contribution in [3.63, 3.8) is 0 Å². The van der Waals surface area contributed by atoms with E-state index in [0.29, 0.717) is 59.0 Å². The highest BCUT2D eigenvalue weighted by Gasteiger charge is 2.26. The molecule has 2 N–H and O–H groups in total. The standard InChI is InChI=1S/C36H37ClN6O5S/c1-36(2,3)48-35(45)40-26-17-15-25(16-18-26)33(44)42-19-9-10-24(22-42)20-38-34-39-21-30(37)32(41-34)29-23-43(31-14-8-7-13-28(29)31)49(46,47)27-11-5-4-6-12-27/h4-8,11-18,21,23-24H,9-10,19-20,22H2,1-3H3,(H,40,45)(H,38,39,41). The van der Waals surface area contributed by atoms with Crippen molar-refractivity contribution in [2.75, 3.05) is 30.3 Å². The number of halogens is 1. The van der Waals surface area contributed by atoms with Crippen molar-refractivity contribution in [3.8, 4) is 11.3 Å². The van der Waals surface area contributed by atoms with E-state index in [9.17, 15) is 18.0 Å². The van der Waals surface area contributed by atoms with Gasteiger partial charge in [0.1, 0.15) is 5.60 Å². The van der Waals surface area contributed by atoms with Crippen LogP contribution in [-0.2, 0) is 14.8 Å². The Morgan fingerprint density at radius 1 is 1.00 bits per heavy atom. The molecule has 0 radical (unpaired) electrons. The van der Waals surface area contributed by atoms with Crippen LogP contribution >= 0.6 is 11.6 Å². The Kier molecular flexibility index (Phi) is 9.62. The zero-order chi connectivity index (χ0) is 34.8. The van der Waals surface area contributed by atoms with Crippen molar-refractivity contribution in [1.29, 1.82) is 0 Å². The molecule has 13 heteroatoms. The smallest absolute Gasteiger partial charge is 0.412 e. The third-order valence-electron chi connectivity index (χ3n) is 8.11. The number of nitrogens with one attached hydrogen (secondary N) is 2. The highest BCUT2D eigenvalue weighted by atomic mass is 35.5. The quantitative estimate of drug-likeness (QED) is 0.172.